The summed E-state index contributed by atoms with van der Waals surface area (Å²) in [5.41, 5.74) is 0.899. The first kappa shape index (κ1) is 28.4. The first-order chi connectivity index (χ1) is 16.4. The van der Waals surface area contributed by atoms with Crippen molar-refractivity contribution in [1.29, 1.82) is 0 Å². The van der Waals surface area contributed by atoms with Crippen molar-refractivity contribution < 1.29 is 19.1 Å². The summed E-state index contributed by atoms with van der Waals surface area (Å²) < 4.78 is 6.29. The Morgan fingerprint density at radius 2 is 1.66 bits per heavy atom. The minimum absolute atomic E-state index is 0.0313. The van der Waals surface area contributed by atoms with Crippen LogP contribution in [0.2, 0.25) is 0 Å². The lowest BCUT2D eigenvalue weighted by Crippen LogP contribution is -2.62. The largest absolute Gasteiger partial charge is 0.487 e. The third-order valence-corrected chi connectivity index (χ3v) is 6.02. The van der Waals surface area contributed by atoms with Gasteiger partial charge in [0.1, 0.15) is 23.9 Å². The minimum atomic E-state index is -0.996. The molecule has 3 N–H and O–H groups in total. The predicted octanol–water partition coefficient (Wildman–Crippen LogP) is 2.79. The summed E-state index contributed by atoms with van der Waals surface area (Å²) in [6.45, 7) is 11.8. The van der Waals surface area contributed by atoms with Gasteiger partial charge in [0, 0.05) is 6.20 Å². The molecule has 0 spiro atoms. The highest BCUT2D eigenvalue weighted by atomic mass is 16.5. The number of amides is 3. The number of benzene rings is 1. The molecular weight excluding hydrogens is 444 g/mol. The molecular formula is C27H42N4O4. The summed E-state index contributed by atoms with van der Waals surface area (Å²) >= 11 is 0. The van der Waals surface area contributed by atoms with Crippen LogP contribution >= 0.6 is 0 Å². The van der Waals surface area contributed by atoms with E-state index in [1.54, 1.807) is 12.3 Å². The molecule has 0 aromatic heterocycles. The van der Waals surface area contributed by atoms with Crippen molar-refractivity contribution >= 4 is 23.8 Å². The monoisotopic (exact) mass is 486 g/mol. The highest BCUT2D eigenvalue weighted by Crippen LogP contribution is 2.21. The first-order valence-corrected chi connectivity index (χ1v) is 12.4. The summed E-state index contributed by atoms with van der Waals surface area (Å²) in [6.07, 6.45) is 3.17. The van der Waals surface area contributed by atoms with Gasteiger partial charge in [0.05, 0.1) is 6.04 Å². The Morgan fingerprint density at radius 1 is 1.03 bits per heavy atom. The fourth-order valence-electron chi connectivity index (χ4n) is 4.36. The number of carbonyl (C=O) groups excluding carboxylic acids is 3. The lowest BCUT2D eigenvalue weighted by atomic mass is 9.95. The highest BCUT2D eigenvalue weighted by molar-refractivity contribution is 5.94. The van der Waals surface area contributed by atoms with Crippen LogP contribution in [-0.4, -0.2) is 60.9 Å². The maximum absolute atomic E-state index is 13.7. The molecule has 0 unspecified atom stereocenters. The topological polar surface area (TPSA) is 99.8 Å². The van der Waals surface area contributed by atoms with E-state index in [4.69, 9.17) is 4.74 Å². The average molecular weight is 487 g/mol. The van der Waals surface area contributed by atoms with Crippen LogP contribution in [0.15, 0.2) is 30.5 Å². The van der Waals surface area contributed by atoms with E-state index in [-0.39, 0.29) is 29.6 Å². The maximum Gasteiger partial charge on any atom is 0.247 e. The van der Waals surface area contributed by atoms with E-state index >= 15 is 0 Å². The molecule has 0 aliphatic carbocycles. The number of hydrogen-bond acceptors (Lipinski definition) is 5. The number of hydrogen-bond donors (Lipinski definition) is 3. The van der Waals surface area contributed by atoms with Gasteiger partial charge in [-0.3, -0.25) is 19.3 Å². The number of ether oxygens (including phenoxy) is 1. The average Bonchev–Trinajstić information content (AvgIpc) is 2.75. The number of rotatable bonds is 7. The van der Waals surface area contributed by atoms with Crippen molar-refractivity contribution in [2.24, 2.45) is 17.8 Å². The van der Waals surface area contributed by atoms with Crippen LogP contribution in [0.25, 0.3) is 6.08 Å². The third kappa shape index (κ3) is 8.09. The van der Waals surface area contributed by atoms with Gasteiger partial charge in [-0.15, -0.1) is 0 Å². The van der Waals surface area contributed by atoms with Crippen LogP contribution in [0.4, 0.5) is 0 Å². The Kier molecular flexibility index (Phi) is 10.3. The van der Waals surface area contributed by atoms with Crippen molar-refractivity contribution in [3.8, 4) is 5.75 Å². The molecule has 1 aromatic carbocycles. The minimum Gasteiger partial charge on any atom is -0.487 e. The molecule has 0 radical (unpaired) electrons. The van der Waals surface area contributed by atoms with Crippen molar-refractivity contribution in [1.82, 2.24) is 20.9 Å². The van der Waals surface area contributed by atoms with Crippen molar-refractivity contribution in [3.05, 3.63) is 36.0 Å². The first-order valence-electron chi connectivity index (χ1n) is 12.4. The maximum atomic E-state index is 13.7. The Balaban J connectivity index is 2.52. The van der Waals surface area contributed by atoms with E-state index in [1.807, 2.05) is 84.8 Å². The Morgan fingerprint density at radius 3 is 2.17 bits per heavy atom. The second-order valence-corrected chi connectivity index (χ2v) is 10.6. The summed E-state index contributed by atoms with van der Waals surface area (Å²) in [5.74, 6) is -0.319. The standard InChI is InChI=1S/C27H42N4O4/c1-16(2)15-21-25(32)28-14-13-19-9-11-20(12-10-19)35-24(18(5)6)22(26(33)29-21)30-27(34)23(17(3)4)31(7)8/h9-14,16-18,21-24H,15H2,1-8H3,(H,28,32)(H,29,33)(H,30,34)/t21-,22+,23+,24+/m1/s1. The van der Waals surface area contributed by atoms with Crippen molar-refractivity contribution in [2.75, 3.05) is 14.1 Å². The van der Waals surface area contributed by atoms with E-state index < -0.39 is 30.1 Å². The fraction of sp³-hybridized carbons (Fsp3) is 0.593. The second kappa shape index (κ2) is 12.7. The van der Waals surface area contributed by atoms with Crippen molar-refractivity contribution in [3.63, 3.8) is 0 Å². The second-order valence-electron chi connectivity index (χ2n) is 10.6. The van der Waals surface area contributed by atoms with E-state index in [9.17, 15) is 14.4 Å². The molecule has 2 heterocycles. The third-order valence-electron chi connectivity index (χ3n) is 6.02. The zero-order valence-corrected chi connectivity index (χ0v) is 22.3. The van der Waals surface area contributed by atoms with Gasteiger partial charge >= 0.3 is 0 Å². The van der Waals surface area contributed by atoms with E-state index in [0.717, 1.165) is 5.56 Å². The van der Waals surface area contributed by atoms with Gasteiger partial charge in [0.25, 0.3) is 0 Å². The number of likely N-dealkylation sites (N-methyl/N-ethyl adjacent to an activating group) is 1. The molecule has 8 heteroatoms. The molecule has 2 aliphatic rings. The molecule has 0 fully saturated rings. The van der Waals surface area contributed by atoms with E-state index in [1.165, 1.54) is 0 Å². The number of nitrogens with one attached hydrogen (secondary N) is 3. The van der Waals surface area contributed by atoms with Crippen LogP contribution < -0.4 is 20.7 Å². The van der Waals surface area contributed by atoms with E-state index in [0.29, 0.717) is 12.2 Å². The summed E-state index contributed by atoms with van der Waals surface area (Å²) in [6, 6.07) is 5.21. The van der Waals surface area contributed by atoms with Gasteiger partial charge in [-0.25, -0.2) is 0 Å². The Hall–Kier alpha value is -2.87. The Labute approximate surface area is 209 Å². The van der Waals surface area contributed by atoms with Crippen molar-refractivity contribution in [2.45, 2.75) is 72.2 Å². The molecule has 0 saturated carbocycles. The molecule has 8 nitrogen and oxygen atoms in total. The van der Waals surface area contributed by atoms with Gasteiger partial charge < -0.3 is 20.7 Å². The molecule has 0 saturated heterocycles. The molecule has 4 atom stereocenters. The molecule has 3 rings (SSSR count). The fourth-order valence-corrected chi connectivity index (χ4v) is 4.36. The molecule has 35 heavy (non-hydrogen) atoms. The highest BCUT2D eigenvalue weighted by Gasteiger charge is 2.38. The quantitative estimate of drug-likeness (QED) is 0.550. The van der Waals surface area contributed by atoms with Crippen LogP contribution in [0, 0.1) is 17.8 Å². The molecule has 2 bridgehead atoms. The Bertz CT molecular complexity index is 885. The number of carbonyl (C=O) groups is 3. The lowest BCUT2D eigenvalue weighted by molar-refractivity contribution is -0.136. The number of fused-ring (bicyclic) bond motifs is 10. The van der Waals surface area contributed by atoms with E-state index in [2.05, 4.69) is 16.0 Å². The van der Waals surface area contributed by atoms with Gasteiger partial charge in [-0.05, 0) is 62.0 Å². The predicted molar refractivity (Wildman–Crippen MR) is 139 cm³/mol. The zero-order valence-electron chi connectivity index (χ0n) is 22.3. The number of nitrogens with zero attached hydrogens (tertiary/aromatic N) is 1. The SMILES string of the molecule is CC(C)C[C@H]1NC(=O)[C@@H](NC(=O)[C@H](C(C)C)N(C)C)[C@H](C(C)C)Oc2ccc(cc2)C=CNC1=O. The molecule has 194 valence electrons. The summed E-state index contributed by atoms with van der Waals surface area (Å²) in [7, 11) is 3.68. The summed E-state index contributed by atoms with van der Waals surface area (Å²) in [5, 5.41) is 8.62. The van der Waals surface area contributed by atoms with Crippen LogP contribution in [0.3, 0.4) is 0 Å². The van der Waals surface area contributed by atoms with Crippen LogP contribution in [-0.2, 0) is 14.4 Å². The summed E-state index contributed by atoms with van der Waals surface area (Å²) in [4.78, 5) is 41.8. The van der Waals surface area contributed by atoms with Crippen LogP contribution in [0.1, 0.15) is 53.5 Å². The van der Waals surface area contributed by atoms with Gasteiger partial charge in [0.2, 0.25) is 17.7 Å². The van der Waals surface area contributed by atoms with Gasteiger partial charge in [-0.2, -0.15) is 0 Å². The molecule has 2 aliphatic heterocycles. The lowest BCUT2D eigenvalue weighted by Gasteiger charge is -2.34. The molecule has 1 aromatic rings. The van der Waals surface area contributed by atoms with Gasteiger partial charge in [0.15, 0.2) is 0 Å². The normalized spacial score (nSPS) is 22.1. The molecule has 3 amide bonds. The van der Waals surface area contributed by atoms with Gasteiger partial charge in [-0.1, -0.05) is 53.7 Å². The van der Waals surface area contributed by atoms with Crippen LogP contribution in [0.5, 0.6) is 5.75 Å². The zero-order chi connectivity index (χ0) is 26.3. The smallest absolute Gasteiger partial charge is 0.247 e.